The number of aryl methyl sites for hydroxylation is 2. The molecule has 0 aliphatic rings. The Bertz CT molecular complexity index is 593. The first-order valence-electron chi connectivity index (χ1n) is 7.16. The molecule has 1 atom stereocenters. The average molecular weight is 369 g/mol. The van der Waals surface area contributed by atoms with E-state index in [9.17, 15) is 0 Å². The maximum absolute atomic E-state index is 5.61. The zero-order valence-corrected chi connectivity index (χ0v) is 15.3. The van der Waals surface area contributed by atoms with Gasteiger partial charge in [0.2, 0.25) is 0 Å². The second-order valence-corrected chi connectivity index (χ2v) is 6.96. The number of rotatable bonds is 6. The summed E-state index contributed by atoms with van der Waals surface area (Å²) >= 11 is 5.22. The molecule has 0 aliphatic carbocycles. The van der Waals surface area contributed by atoms with Gasteiger partial charge in [-0.15, -0.1) is 0 Å². The quantitative estimate of drug-likeness (QED) is 0.753. The highest BCUT2D eigenvalue weighted by Gasteiger charge is 2.12. The van der Waals surface area contributed by atoms with Crippen LogP contribution < -0.4 is 5.32 Å². The van der Waals surface area contributed by atoms with Crippen LogP contribution in [0, 0.1) is 13.8 Å². The fraction of sp³-hybridized carbons (Fsp3) is 0.438. The average Bonchev–Trinajstić information content (AvgIpc) is 2.74. The molecule has 1 heterocycles. The molecule has 0 saturated carbocycles. The molecule has 114 valence electrons. The number of hydrogen-bond donors (Lipinski definition) is 1. The Morgan fingerprint density at radius 3 is 2.71 bits per heavy atom. The summed E-state index contributed by atoms with van der Waals surface area (Å²) in [7, 11) is 0. The minimum Gasteiger partial charge on any atom is -0.436 e. The highest BCUT2D eigenvalue weighted by molar-refractivity contribution is 9.10. The van der Waals surface area contributed by atoms with E-state index in [1.165, 1.54) is 5.56 Å². The molecule has 0 radical (unpaired) electrons. The van der Waals surface area contributed by atoms with Crippen molar-refractivity contribution >= 4 is 27.7 Å². The van der Waals surface area contributed by atoms with E-state index in [0.29, 0.717) is 11.3 Å². The minimum absolute atomic E-state index is 0.338. The number of hydrogen-bond acceptors (Lipinski definition) is 4. The number of oxazole rings is 1. The number of nitrogens with zero attached hydrogens (tertiary/aromatic N) is 1. The summed E-state index contributed by atoms with van der Waals surface area (Å²) in [5.74, 6) is 0.880. The molecule has 1 aromatic carbocycles. The Morgan fingerprint density at radius 2 is 2.14 bits per heavy atom. The van der Waals surface area contributed by atoms with Crippen molar-refractivity contribution < 1.29 is 4.42 Å². The molecule has 0 spiro atoms. The Labute approximate surface area is 139 Å². The van der Waals surface area contributed by atoms with Gasteiger partial charge in [-0.25, -0.2) is 4.98 Å². The summed E-state index contributed by atoms with van der Waals surface area (Å²) in [6.45, 7) is 9.28. The third-order valence-corrected chi connectivity index (χ3v) is 4.88. The third kappa shape index (κ3) is 4.34. The maximum atomic E-state index is 5.61. The van der Waals surface area contributed by atoms with E-state index in [4.69, 9.17) is 4.42 Å². The fourth-order valence-corrected chi connectivity index (χ4v) is 3.72. The Hall–Kier alpha value is -0.780. The predicted molar refractivity (Wildman–Crippen MR) is 91.0 cm³/mol. The lowest BCUT2D eigenvalue weighted by Gasteiger charge is -2.15. The van der Waals surface area contributed by atoms with Gasteiger partial charge < -0.3 is 9.73 Å². The molecule has 0 bridgehead atoms. The molecule has 0 aliphatic heterocycles. The first-order chi connectivity index (χ1) is 10.0. The van der Waals surface area contributed by atoms with Gasteiger partial charge in [0, 0.05) is 15.4 Å². The topological polar surface area (TPSA) is 38.1 Å². The Morgan fingerprint density at radius 1 is 1.38 bits per heavy atom. The smallest absolute Gasteiger partial charge is 0.260 e. The van der Waals surface area contributed by atoms with E-state index in [0.717, 1.165) is 33.8 Å². The molecule has 21 heavy (non-hydrogen) atoms. The van der Waals surface area contributed by atoms with Crippen molar-refractivity contribution in [3.8, 4) is 0 Å². The molecule has 1 aromatic heterocycles. The van der Waals surface area contributed by atoms with Crippen molar-refractivity contribution in [2.75, 3.05) is 6.54 Å². The normalized spacial score (nSPS) is 12.6. The number of nitrogens with one attached hydrogen (secondary N) is 1. The maximum Gasteiger partial charge on any atom is 0.260 e. The molecule has 0 saturated heterocycles. The second-order valence-electron chi connectivity index (χ2n) is 5.08. The van der Waals surface area contributed by atoms with Crippen molar-refractivity contribution in [1.82, 2.24) is 10.3 Å². The molecular formula is C16H21BrN2OS. The van der Waals surface area contributed by atoms with E-state index in [1.807, 2.05) is 13.8 Å². The summed E-state index contributed by atoms with van der Waals surface area (Å²) in [6.07, 6.45) is 1.14. The van der Waals surface area contributed by atoms with Gasteiger partial charge in [0.05, 0.1) is 5.69 Å². The van der Waals surface area contributed by atoms with Crippen molar-refractivity contribution in [3.05, 3.63) is 39.7 Å². The summed E-state index contributed by atoms with van der Waals surface area (Å²) in [5.41, 5.74) is 2.22. The van der Waals surface area contributed by atoms with E-state index < -0.39 is 0 Å². The lowest BCUT2D eigenvalue weighted by Crippen LogP contribution is -2.19. The summed E-state index contributed by atoms with van der Waals surface area (Å²) in [5, 5.41) is 4.20. The summed E-state index contributed by atoms with van der Waals surface area (Å²) in [4.78, 5) is 5.52. The van der Waals surface area contributed by atoms with Gasteiger partial charge in [0.25, 0.3) is 5.22 Å². The van der Waals surface area contributed by atoms with Gasteiger partial charge in [0.15, 0.2) is 0 Å². The van der Waals surface area contributed by atoms with Crippen LogP contribution in [0.1, 0.15) is 43.3 Å². The van der Waals surface area contributed by atoms with Gasteiger partial charge >= 0.3 is 0 Å². The lowest BCUT2D eigenvalue weighted by atomic mass is 10.1. The van der Waals surface area contributed by atoms with E-state index in [1.54, 1.807) is 11.8 Å². The number of aromatic nitrogens is 1. The summed E-state index contributed by atoms with van der Waals surface area (Å²) in [6, 6.07) is 6.73. The monoisotopic (exact) mass is 368 g/mol. The molecule has 3 nitrogen and oxygen atoms in total. The Balaban J connectivity index is 2.11. The first kappa shape index (κ1) is 16.6. The van der Waals surface area contributed by atoms with E-state index >= 15 is 0 Å². The van der Waals surface area contributed by atoms with Crippen LogP contribution >= 0.6 is 27.7 Å². The Kier molecular flexibility index (Phi) is 5.90. The van der Waals surface area contributed by atoms with Crippen molar-refractivity contribution in [2.24, 2.45) is 0 Å². The van der Waals surface area contributed by atoms with Crippen LogP contribution in [0.2, 0.25) is 0 Å². The van der Waals surface area contributed by atoms with Crippen LogP contribution in [0.4, 0.5) is 0 Å². The van der Waals surface area contributed by atoms with Crippen LogP contribution in [0.3, 0.4) is 0 Å². The lowest BCUT2D eigenvalue weighted by molar-refractivity contribution is 0.431. The highest BCUT2D eigenvalue weighted by Crippen LogP contribution is 2.33. The molecule has 0 fully saturated rings. The second kappa shape index (κ2) is 7.47. The standard InChI is InChI=1S/C16H21BrN2OS/c1-5-8-18-11(3)14-7-6-13(9-15(14)17)21-16-19-10(2)12(4)20-16/h6-7,9,11,18H,5,8H2,1-4H3. The third-order valence-electron chi connectivity index (χ3n) is 3.35. The van der Waals surface area contributed by atoms with Gasteiger partial charge in [-0.1, -0.05) is 28.9 Å². The minimum atomic E-state index is 0.338. The van der Waals surface area contributed by atoms with Crippen LogP contribution in [0.5, 0.6) is 0 Å². The van der Waals surface area contributed by atoms with Crippen LogP contribution in [-0.2, 0) is 0 Å². The molecular weight excluding hydrogens is 348 g/mol. The van der Waals surface area contributed by atoms with Crippen molar-refractivity contribution in [2.45, 2.75) is 50.3 Å². The molecule has 2 rings (SSSR count). The van der Waals surface area contributed by atoms with Crippen molar-refractivity contribution in [1.29, 1.82) is 0 Å². The number of halogens is 1. The van der Waals surface area contributed by atoms with Crippen LogP contribution in [-0.4, -0.2) is 11.5 Å². The first-order valence-corrected chi connectivity index (χ1v) is 8.77. The van der Waals surface area contributed by atoms with Crippen molar-refractivity contribution in [3.63, 3.8) is 0 Å². The number of benzene rings is 1. The van der Waals surface area contributed by atoms with Gasteiger partial charge in [-0.05, 0) is 63.2 Å². The SMILES string of the molecule is CCCNC(C)c1ccc(Sc2nc(C)c(C)o2)cc1Br. The zero-order valence-electron chi connectivity index (χ0n) is 12.9. The van der Waals surface area contributed by atoms with Gasteiger partial charge in [-0.2, -0.15) is 0 Å². The molecule has 2 aromatic rings. The molecule has 0 amide bonds. The molecule has 1 unspecified atom stereocenters. The summed E-state index contributed by atoms with van der Waals surface area (Å²) < 4.78 is 6.73. The van der Waals surface area contributed by atoms with Gasteiger partial charge in [0.1, 0.15) is 5.76 Å². The van der Waals surface area contributed by atoms with E-state index in [2.05, 4.69) is 58.3 Å². The zero-order chi connectivity index (χ0) is 15.4. The van der Waals surface area contributed by atoms with E-state index in [-0.39, 0.29) is 0 Å². The molecule has 5 heteroatoms. The highest BCUT2D eigenvalue weighted by atomic mass is 79.9. The van der Waals surface area contributed by atoms with Crippen LogP contribution in [0.15, 0.2) is 37.2 Å². The van der Waals surface area contributed by atoms with Crippen LogP contribution in [0.25, 0.3) is 0 Å². The predicted octanol–water partition coefficient (Wildman–Crippen LogP) is 5.27. The molecule has 1 N–H and O–H groups in total. The van der Waals surface area contributed by atoms with Gasteiger partial charge in [-0.3, -0.25) is 0 Å². The largest absolute Gasteiger partial charge is 0.436 e. The fourth-order valence-electron chi connectivity index (χ4n) is 1.98.